The second kappa shape index (κ2) is 6.12. The van der Waals surface area contributed by atoms with E-state index in [-0.39, 0.29) is 5.91 Å². The van der Waals surface area contributed by atoms with Crippen LogP contribution >= 0.6 is 0 Å². The lowest BCUT2D eigenvalue weighted by molar-refractivity contribution is 0.0528. The van der Waals surface area contributed by atoms with Crippen molar-refractivity contribution in [3.63, 3.8) is 0 Å². The number of carbonyl (C=O) groups excluding carboxylic acids is 1. The number of nitrogens with two attached hydrogens (primary N) is 1. The average Bonchev–Trinajstić information content (AvgIpc) is 2.46. The summed E-state index contributed by atoms with van der Waals surface area (Å²) in [7, 11) is 0. The van der Waals surface area contributed by atoms with Gasteiger partial charge in [0, 0.05) is 44.0 Å². The number of pyridine rings is 1. The predicted octanol–water partition coefficient (Wildman–Crippen LogP) is 0.707. The molecule has 1 saturated heterocycles. The van der Waals surface area contributed by atoms with Gasteiger partial charge in [0.1, 0.15) is 0 Å². The van der Waals surface area contributed by atoms with Crippen molar-refractivity contribution in [3.8, 4) is 0 Å². The Morgan fingerprint density at radius 2 is 2.32 bits per heavy atom. The normalized spacial score (nSPS) is 20.6. The van der Waals surface area contributed by atoms with Gasteiger partial charge in [-0.3, -0.25) is 14.7 Å². The van der Waals surface area contributed by atoms with Gasteiger partial charge >= 0.3 is 0 Å². The molecular formula is C14H22N4O. The summed E-state index contributed by atoms with van der Waals surface area (Å²) in [6.07, 6.45) is 1.65. The molecule has 0 spiro atoms. The number of nitrogens with zero attached hydrogens (tertiary/aromatic N) is 3. The van der Waals surface area contributed by atoms with Crippen LogP contribution in [0.2, 0.25) is 0 Å². The van der Waals surface area contributed by atoms with E-state index in [1.807, 2.05) is 4.90 Å². The summed E-state index contributed by atoms with van der Waals surface area (Å²) in [5.74, 6) is 0.0831. The van der Waals surface area contributed by atoms with Gasteiger partial charge in [-0.25, -0.2) is 0 Å². The van der Waals surface area contributed by atoms with E-state index < -0.39 is 0 Å². The number of likely N-dealkylation sites (N-methyl/N-ethyl adjacent to an activating group) is 1. The van der Waals surface area contributed by atoms with Crippen molar-refractivity contribution in [1.82, 2.24) is 14.8 Å². The van der Waals surface area contributed by atoms with Crippen LogP contribution in [-0.4, -0.2) is 52.9 Å². The van der Waals surface area contributed by atoms with Crippen LogP contribution in [-0.2, 0) is 6.54 Å². The molecule has 0 saturated carbocycles. The largest absolute Gasteiger partial charge is 0.336 e. The molecule has 1 fully saturated rings. The van der Waals surface area contributed by atoms with E-state index in [0.717, 1.165) is 31.9 Å². The van der Waals surface area contributed by atoms with Crippen LogP contribution in [0.1, 0.15) is 29.9 Å². The molecule has 1 unspecified atom stereocenters. The van der Waals surface area contributed by atoms with E-state index in [2.05, 4.69) is 23.7 Å². The number of hydrogen-bond donors (Lipinski definition) is 1. The Hall–Kier alpha value is -1.46. The highest BCUT2D eigenvalue weighted by molar-refractivity contribution is 5.94. The molecule has 1 aromatic rings. The number of carbonyl (C=O) groups is 1. The molecule has 1 aliphatic heterocycles. The van der Waals surface area contributed by atoms with Gasteiger partial charge in [0.25, 0.3) is 5.91 Å². The summed E-state index contributed by atoms with van der Waals surface area (Å²) in [4.78, 5) is 20.9. The summed E-state index contributed by atoms with van der Waals surface area (Å²) in [5.41, 5.74) is 7.00. The second-order valence-electron chi connectivity index (χ2n) is 4.97. The van der Waals surface area contributed by atoms with Crippen molar-refractivity contribution in [2.45, 2.75) is 26.4 Å². The fourth-order valence-corrected chi connectivity index (χ4v) is 2.55. The topological polar surface area (TPSA) is 62.5 Å². The van der Waals surface area contributed by atoms with Crippen molar-refractivity contribution >= 4 is 5.91 Å². The molecule has 104 valence electrons. The molecule has 0 aromatic carbocycles. The summed E-state index contributed by atoms with van der Waals surface area (Å²) in [6.45, 7) is 8.24. The Morgan fingerprint density at radius 3 is 2.95 bits per heavy atom. The van der Waals surface area contributed by atoms with Crippen molar-refractivity contribution < 1.29 is 4.79 Å². The molecule has 19 heavy (non-hydrogen) atoms. The lowest BCUT2D eigenvalue weighted by Crippen LogP contribution is -2.53. The third-order valence-electron chi connectivity index (χ3n) is 3.73. The zero-order chi connectivity index (χ0) is 13.8. The third-order valence-corrected chi connectivity index (χ3v) is 3.73. The first-order valence-electron chi connectivity index (χ1n) is 6.84. The number of aromatic nitrogens is 1. The van der Waals surface area contributed by atoms with E-state index in [0.29, 0.717) is 18.2 Å². The van der Waals surface area contributed by atoms with E-state index in [1.165, 1.54) is 0 Å². The van der Waals surface area contributed by atoms with E-state index in [4.69, 9.17) is 5.73 Å². The summed E-state index contributed by atoms with van der Waals surface area (Å²) in [6, 6.07) is 3.97. The van der Waals surface area contributed by atoms with Crippen molar-refractivity contribution in [3.05, 3.63) is 29.6 Å². The highest BCUT2D eigenvalue weighted by Gasteiger charge is 2.26. The highest BCUT2D eigenvalue weighted by atomic mass is 16.2. The molecule has 1 atom stereocenters. The van der Waals surface area contributed by atoms with Crippen LogP contribution in [0.15, 0.2) is 18.3 Å². The van der Waals surface area contributed by atoms with Crippen molar-refractivity contribution in [2.24, 2.45) is 5.73 Å². The molecule has 1 aliphatic rings. The van der Waals surface area contributed by atoms with E-state index >= 15 is 0 Å². The van der Waals surface area contributed by atoms with Gasteiger partial charge in [0.2, 0.25) is 0 Å². The molecule has 1 aromatic heterocycles. The van der Waals surface area contributed by atoms with Crippen LogP contribution in [0.5, 0.6) is 0 Å². The number of hydrogen-bond acceptors (Lipinski definition) is 4. The Labute approximate surface area is 114 Å². The van der Waals surface area contributed by atoms with Gasteiger partial charge < -0.3 is 10.6 Å². The molecule has 0 bridgehead atoms. The SMILES string of the molecule is CCN1CCN(C(=O)c2ccnc(CN)c2)CC1C. The highest BCUT2D eigenvalue weighted by Crippen LogP contribution is 2.13. The van der Waals surface area contributed by atoms with E-state index in [1.54, 1.807) is 18.3 Å². The van der Waals surface area contributed by atoms with Crippen LogP contribution in [0.4, 0.5) is 0 Å². The summed E-state index contributed by atoms with van der Waals surface area (Å²) < 4.78 is 0. The quantitative estimate of drug-likeness (QED) is 0.871. The molecule has 0 aliphatic carbocycles. The Bertz CT molecular complexity index is 449. The monoisotopic (exact) mass is 262 g/mol. The first-order chi connectivity index (χ1) is 9.15. The molecular weight excluding hydrogens is 240 g/mol. The van der Waals surface area contributed by atoms with E-state index in [9.17, 15) is 4.79 Å². The first kappa shape index (κ1) is 14.0. The van der Waals surface area contributed by atoms with Crippen LogP contribution in [0.3, 0.4) is 0 Å². The molecule has 5 nitrogen and oxygen atoms in total. The Balaban J connectivity index is 2.07. The zero-order valence-corrected chi connectivity index (χ0v) is 11.7. The third kappa shape index (κ3) is 3.11. The van der Waals surface area contributed by atoms with Gasteiger partial charge in [0.05, 0.1) is 5.69 Å². The maximum absolute atomic E-state index is 12.4. The zero-order valence-electron chi connectivity index (χ0n) is 11.7. The number of amides is 1. The molecule has 2 N–H and O–H groups in total. The Kier molecular flexibility index (Phi) is 4.50. The minimum Gasteiger partial charge on any atom is -0.336 e. The predicted molar refractivity (Wildman–Crippen MR) is 74.7 cm³/mol. The lowest BCUT2D eigenvalue weighted by atomic mass is 10.1. The van der Waals surface area contributed by atoms with Gasteiger partial charge in [-0.05, 0) is 25.6 Å². The summed E-state index contributed by atoms with van der Waals surface area (Å²) >= 11 is 0. The second-order valence-corrected chi connectivity index (χ2v) is 4.97. The fraction of sp³-hybridized carbons (Fsp3) is 0.571. The molecule has 2 heterocycles. The maximum Gasteiger partial charge on any atom is 0.254 e. The Morgan fingerprint density at radius 1 is 1.53 bits per heavy atom. The average molecular weight is 262 g/mol. The van der Waals surface area contributed by atoms with Gasteiger partial charge in [0.15, 0.2) is 0 Å². The smallest absolute Gasteiger partial charge is 0.254 e. The van der Waals surface area contributed by atoms with Crippen LogP contribution < -0.4 is 5.73 Å². The molecule has 1 amide bonds. The van der Waals surface area contributed by atoms with Crippen LogP contribution in [0, 0.1) is 0 Å². The van der Waals surface area contributed by atoms with Gasteiger partial charge in [-0.2, -0.15) is 0 Å². The summed E-state index contributed by atoms with van der Waals surface area (Å²) in [5, 5.41) is 0. The minimum atomic E-state index is 0.0831. The molecule has 0 radical (unpaired) electrons. The maximum atomic E-state index is 12.4. The molecule has 2 rings (SSSR count). The van der Waals surface area contributed by atoms with Crippen molar-refractivity contribution in [2.75, 3.05) is 26.2 Å². The minimum absolute atomic E-state index is 0.0831. The number of rotatable bonds is 3. The van der Waals surface area contributed by atoms with Crippen molar-refractivity contribution in [1.29, 1.82) is 0 Å². The fourth-order valence-electron chi connectivity index (χ4n) is 2.55. The molecule has 5 heteroatoms. The number of piperazine rings is 1. The van der Waals surface area contributed by atoms with Gasteiger partial charge in [-0.1, -0.05) is 6.92 Å². The van der Waals surface area contributed by atoms with Gasteiger partial charge in [-0.15, -0.1) is 0 Å². The lowest BCUT2D eigenvalue weighted by Gasteiger charge is -2.39. The van der Waals surface area contributed by atoms with Crippen LogP contribution in [0.25, 0.3) is 0 Å². The standard InChI is InChI=1S/C14H22N4O/c1-3-17-6-7-18(10-11(17)2)14(19)12-4-5-16-13(8-12)9-15/h4-5,8,11H,3,6-7,9-10,15H2,1-2H3. The first-order valence-corrected chi connectivity index (χ1v) is 6.84.